The molecular formula is C15H18F4N4Se. The van der Waals surface area contributed by atoms with Gasteiger partial charge in [-0.2, -0.15) is 0 Å². The number of nitrogens with zero attached hydrogens (tertiary/aromatic N) is 3. The Kier molecular flexibility index (Phi) is 4.77. The summed E-state index contributed by atoms with van der Waals surface area (Å²) in [4.78, 5) is 6.14. The van der Waals surface area contributed by atoms with Crippen molar-refractivity contribution in [3.63, 3.8) is 0 Å². The minimum absolute atomic E-state index is 0.246. The van der Waals surface area contributed by atoms with Crippen LogP contribution in [0, 0.1) is 6.92 Å². The van der Waals surface area contributed by atoms with Gasteiger partial charge in [-0.15, -0.1) is 0 Å². The Morgan fingerprint density at radius 2 is 2.12 bits per heavy atom. The molecule has 4 nitrogen and oxygen atoms in total. The first-order chi connectivity index (χ1) is 11.2. The quantitative estimate of drug-likeness (QED) is 0.622. The fraction of sp³-hybridized carbons (Fsp3) is 0.533. The molecule has 1 saturated heterocycles. The molecule has 2 aromatic rings. The van der Waals surface area contributed by atoms with E-state index in [-0.39, 0.29) is 10.6 Å². The zero-order chi connectivity index (χ0) is 17.5. The second kappa shape index (κ2) is 6.54. The van der Waals surface area contributed by atoms with Crippen LogP contribution in [0.3, 0.4) is 0 Å². The second-order valence-electron chi connectivity index (χ2n) is 6.03. The Labute approximate surface area is 143 Å². The molecule has 0 amide bonds. The van der Waals surface area contributed by atoms with Crippen LogP contribution in [0.25, 0.3) is 5.52 Å². The zero-order valence-corrected chi connectivity index (χ0v) is 15.0. The summed E-state index contributed by atoms with van der Waals surface area (Å²) < 4.78 is 54.4. The molecule has 0 saturated carbocycles. The van der Waals surface area contributed by atoms with E-state index in [9.17, 15) is 17.6 Å². The van der Waals surface area contributed by atoms with Crippen molar-refractivity contribution in [2.45, 2.75) is 30.6 Å². The topological polar surface area (TPSA) is 32.6 Å². The summed E-state index contributed by atoms with van der Waals surface area (Å²) >= 11 is -1.64. The molecule has 2 atom stereocenters. The van der Waals surface area contributed by atoms with Gasteiger partial charge in [0.05, 0.1) is 0 Å². The van der Waals surface area contributed by atoms with Crippen LogP contribution in [0.4, 0.5) is 23.4 Å². The van der Waals surface area contributed by atoms with E-state index in [0.717, 1.165) is 6.54 Å². The third kappa shape index (κ3) is 3.68. The summed E-state index contributed by atoms with van der Waals surface area (Å²) in [7, 11) is 1.86. The van der Waals surface area contributed by atoms with Crippen molar-refractivity contribution in [3.05, 3.63) is 24.0 Å². The van der Waals surface area contributed by atoms with Crippen molar-refractivity contribution < 1.29 is 17.6 Å². The Morgan fingerprint density at radius 1 is 1.38 bits per heavy atom. The molecule has 1 aliphatic heterocycles. The number of alkyl halides is 4. The molecule has 0 bridgehead atoms. The van der Waals surface area contributed by atoms with E-state index in [1.807, 2.05) is 11.9 Å². The molecule has 0 aliphatic carbocycles. The summed E-state index contributed by atoms with van der Waals surface area (Å²) in [6.07, 6.45) is 2.56. The van der Waals surface area contributed by atoms with E-state index in [0.29, 0.717) is 29.9 Å². The molecule has 1 N–H and O–H groups in total. The average molecular weight is 409 g/mol. The number of nitrogens with one attached hydrogen (secondary N) is 1. The molecular weight excluding hydrogens is 391 g/mol. The number of rotatable bonds is 3. The van der Waals surface area contributed by atoms with Gasteiger partial charge in [0.1, 0.15) is 0 Å². The van der Waals surface area contributed by atoms with Crippen molar-refractivity contribution in [2.75, 3.05) is 25.5 Å². The number of aromatic nitrogens is 2. The van der Waals surface area contributed by atoms with Crippen molar-refractivity contribution in [3.8, 4) is 0 Å². The SMILES string of the molecule is Cc1cc2c(NC3CCN(C)CC3F)nccn2c1[Se]C(F)(F)F. The summed E-state index contributed by atoms with van der Waals surface area (Å²) in [5, 5.41) is -1.13. The fourth-order valence-corrected chi connectivity index (χ4v) is 4.41. The number of fused-ring (bicyclic) bond motifs is 1. The van der Waals surface area contributed by atoms with Gasteiger partial charge in [0.15, 0.2) is 0 Å². The van der Waals surface area contributed by atoms with E-state index in [2.05, 4.69) is 10.3 Å². The Balaban J connectivity index is 1.91. The fourth-order valence-electron chi connectivity index (χ4n) is 2.95. The molecule has 24 heavy (non-hydrogen) atoms. The maximum atomic E-state index is 14.2. The van der Waals surface area contributed by atoms with Crippen LogP contribution < -0.4 is 9.91 Å². The standard InChI is InChI=1S/C15H18F4N4Se/c1-9-7-12-13(21-11-3-5-22(2)8-10(11)16)20-4-6-23(12)14(9)24-15(17,18)19/h4,6-7,10-11H,3,5,8H2,1-2H3,(H,20,21). The van der Waals surface area contributed by atoms with Crippen LogP contribution in [-0.4, -0.2) is 66.7 Å². The van der Waals surface area contributed by atoms with Crippen LogP contribution in [0.2, 0.25) is 0 Å². The Bertz CT molecular complexity index is 730. The number of halogens is 4. The average Bonchev–Trinajstić information content (AvgIpc) is 2.78. The number of anilines is 1. The van der Waals surface area contributed by atoms with Gasteiger partial charge in [0.2, 0.25) is 0 Å². The van der Waals surface area contributed by atoms with E-state index < -0.39 is 26.2 Å². The van der Waals surface area contributed by atoms with Crippen LogP contribution in [0.15, 0.2) is 18.5 Å². The van der Waals surface area contributed by atoms with Gasteiger partial charge >= 0.3 is 143 Å². The molecule has 1 aliphatic rings. The number of likely N-dealkylation sites (tertiary alicyclic amines) is 1. The van der Waals surface area contributed by atoms with Crippen molar-refractivity contribution >= 4 is 30.9 Å². The monoisotopic (exact) mass is 410 g/mol. The summed E-state index contributed by atoms with van der Waals surface area (Å²) in [5.41, 5.74) is 1.13. The number of hydrogen-bond donors (Lipinski definition) is 1. The minimum atomic E-state index is -4.22. The van der Waals surface area contributed by atoms with Gasteiger partial charge in [-0.1, -0.05) is 0 Å². The molecule has 3 rings (SSSR count). The van der Waals surface area contributed by atoms with Gasteiger partial charge < -0.3 is 0 Å². The van der Waals surface area contributed by atoms with Crippen molar-refractivity contribution in [1.82, 2.24) is 14.3 Å². The van der Waals surface area contributed by atoms with Crippen molar-refractivity contribution in [2.24, 2.45) is 0 Å². The summed E-state index contributed by atoms with van der Waals surface area (Å²) in [5.74, 6) is 0.432. The van der Waals surface area contributed by atoms with E-state index in [1.54, 1.807) is 13.0 Å². The second-order valence-corrected chi connectivity index (χ2v) is 8.24. The van der Waals surface area contributed by atoms with Crippen LogP contribution in [0.5, 0.6) is 0 Å². The van der Waals surface area contributed by atoms with Crippen molar-refractivity contribution in [1.29, 1.82) is 0 Å². The van der Waals surface area contributed by atoms with Crippen LogP contribution >= 0.6 is 0 Å². The molecule has 0 spiro atoms. The third-order valence-electron chi connectivity index (χ3n) is 4.11. The molecule has 3 heterocycles. The summed E-state index contributed by atoms with van der Waals surface area (Å²) in [6, 6.07) is 1.30. The molecule has 132 valence electrons. The predicted molar refractivity (Wildman–Crippen MR) is 85.8 cm³/mol. The third-order valence-corrected chi connectivity index (χ3v) is 6.09. The summed E-state index contributed by atoms with van der Waals surface area (Å²) in [6.45, 7) is 2.76. The van der Waals surface area contributed by atoms with Gasteiger partial charge in [0.25, 0.3) is 0 Å². The van der Waals surface area contributed by atoms with E-state index >= 15 is 0 Å². The Hall–Kier alpha value is -1.31. The molecule has 0 aromatic carbocycles. The first kappa shape index (κ1) is 17.5. The van der Waals surface area contributed by atoms with E-state index in [4.69, 9.17) is 0 Å². The van der Waals surface area contributed by atoms with Crippen LogP contribution in [0.1, 0.15) is 12.0 Å². The van der Waals surface area contributed by atoms with E-state index in [1.165, 1.54) is 16.8 Å². The van der Waals surface area contributed by atoms with Gasteiger partial charge in [-0.25, -0.2) is 0 Å². The van der Waals surface area contributed by atoms with Gasteiger partial charge in [0, 0.05) is 0 Å². The van der Waals surface area contributed by atoms with Crippen LogP contribution in [-0.2, 0) is 0 Å². The van der Waals surface area contributed by atoms with Gasteiger partial charge in [-0.05, 0) is 0 Å². The Morgan fingerprint density at radius 3 is 2.79 bits per heavy atom. The molecule has 2 aromatic heterocycles. The number of piperidine rings is 1. The molecule has 1 fully saturated rings. The maximum absolute atomic E-state index is 14.2. The normalized spacial score (nSPS) is 22.9. The number of aryl methyl sites for hydroxylation is 1. The molecule has 9 heteroatoms. The first-order valence-corrected chi connectivity index (χ1v) is 9.27. The number of hydrogen-bond acceptors (Lipinski definition) is 3. The predicted octanol–water partition coefficient (Wildman–Crippen LogP) is 1.95. The zero-order valence-electron chi connectivity index (χ0n) is 13.3. The van der Waals surface area contributed by atoms with Gasteiger partial charge in [-0.3, -0.25) is 0 Å². The molecule has 2 unspecified atom stereocenters. The first-order valence-electron chi connectivity index (χ1n) is 7.56. The molecule has 0 radical (unpaired) electrons.